The second-order valence-corrected chi connectivity index (χ2v) is 6.57. The maximum absolute atomic E-state index is 12.7. The van der Waals surface area contributed by atoms with Gasteiger partial charge in [0.1, 0.15) is 5.75 Å². The lowest BCUT2D eigenvalue weighted by Gasteiger charge is -2.38. The number of nitrogens with two attached hydrogens (primary N) is 1. The number of nitrogens with one attached hydrogen (secondary N) is 1. The fraction of sp³-hybridized carbons (Fsp3) is 0.529. The van der Waals surface area contributed by atoms with Gasteiger partial charge in [0.25, 0.3) is 5.91 Å². The molecular formula is C17H24ClN3O5. The Bertz CT molecular complexity index is 670. The number of carbonyl (C=O) groups excluding carboxylic acids is 1. The van der Waals surface area contributed by atoms with Crippen LogP contribution in [-0.4, -0.2) is 67.9 Å². The summed E-state index contributed by atoms with van der Waals surface area (Å²) in [6, 6.07) is 2.80. The molecule has 1 aromatic carbocycles. The zero-order valence-corrected chi connectivity index (χ0v) is 15.6. The first-order valence-electron chi connectivity index (χ1n) is 8.26. The summed E-state index contributed by atoms with van der Waals surface area (Å²) in [6.45, 7) is 1.68. The molecule has 2 atom stereocenters. The van der Waals surface area contributed by atoms with Gasteiger partial charge >= 0.3 is 5.97 Å². The molecule has 4 N–H and O–H groups in total. The maximum atomic E-state index is 12.7. The molecule has 2 rings (SSSR count). The number of carboxylic acids is 1. The first kappa shape index (κ1) is 20.3. The van der Waals surface area contributed by atoms with Gasteiger partial charge in [-0.25, -0.2) is 0 Å². The van der Waals surface area contributed by atoms with Gasteiger partial charge in [0.05, 0.1) is 41.9 Å². The van der Waals surface area contributed by atoms with Gasteiger partial charge in [-0.05, 0) is 12.5 Å². The predicted octanol–water partition coefficient (Wildman–Crippen LogP) is 1.22. The molecule has 1 aromatic rings. The lowest BCUT2D eigenvalue weighted by atomic mass is 10.0. The summed E-state index contributed by atoms with van der Waals surface area (Å²) in [4.78, 5) is 25.4. The van der Waals surface area contributed by atoms with E-state index >= 15 is 0 Å². The van der Waals surface area contributed by atoms with Crippen molar-refractivity contribution in [1.82, 2.24) is 10.2 Å². The topological polar surface area (TPSA) is 114 Å². The van der Waals surface area contributed by atoms with E-state index in [-0.39, 0.29) is 29.5 Å². The zero-order valence-electron chi connectivity index (χ0n) is 14.8. The SMILES string of the molecule is COc1cc(N)c(Cl)cc1C(=O)N[C@@H]1CCN(CCC(=O)O)C[C@@H]1OC. The van der Waals surface area contributed by atoms with Crippen LogP contribution in [-0.2, 0) is 9.53 Å². The number of piperidine rings is 1. The van der Waals surface area contributed by atoms with E-state index in [9.17, 15) is 9.59 Å². The average molecular weight is 386 g/mol. The number of ether oxygens (including phenoxy) is 2. The summed E-state index contributed by atoms with van der Waals surface area (Å²) >= 11 is 6.03. The minimum Gasteiger partial charge on any atom is -0.496 e. The number of hydrogen-bond acceptors (Lipinski definition) is 6. The van der Waals surface area contributed by atoms with Gasteiger partial charge in [0.15, 0.2) is 0 Å². The Morgan fingerprint density at radius 2 is 2.15 bits per heavy atom. The molecule has 1 aliphatic rings. The molecule has 1 saturated heterocycles. The molecule has 144 valence electrons. The minimum atomic E-state index is -0.832. The first-order chi connectivity index (χ1) is 12.3. The summed E-state index contributed by atoms with van der Waals surface area (Å²) in [5.74, 6) is -0.811. The molecule has 0 saturated carbocycles. The highest BCUT2D eigenvalue weighted by Crippen LogP contribution is 2.29. The Morgan fingerprint density at radius 1 is 1.42 bits per heavy atom. The summed E-state index contributed by atoms with van der Waals surface area (Å²) < 4.78 is 10.7. The Kier molecular flexibility index (Phi) is 7.07. The van der Waals surface area contributed by atoms with E-state index in [0.29, 0.717) is 43.1 Å². The molecule has 0 aliphatic carbocycles. The lowest BCUT2D eigenvalue weighted by Crippen LogP contribution is -2.55. The number of anilines is 1. The van der Waals surface area contributed by atoms with Gasteiger partial charge in [-0.2, -0.15) is 0 Å². The molecule has 0 spiro atoms. The van der Waals surface area contributed by atoms with Crippen molar-refractivity contribution in [2.75, 3.05) is 39.6 Å². The van der Waals surface area contributed by atoms with E-state index in [1.165, 1.54) is 19.2 Å². The average Bonchev–Trinajstić information content (AvgIpc) is 2.62. The summed E-state index contributed by atoms with van der Waals surface area (Å²) in [5.41, 5.74) is 6.38. The van der Waals surface area contributed by atoms with Gasteiger partial charge in [-0.3, -0.25) is 9.59 Å². The van der Waals surface area contributed by atoms with E-state index in [2.05, 4.69) is 5.32 Å². The van der Waals surface area contributed by atoms with Crippen molar-refractivity contribution >= 4 is 29.2 Å². The largest absolute Gasteiger partial charge is 0.496 e. The molecule has 26 heavy (non-hydrogen) atoms. The molecular weight excluding hydrogens is 362 g/mol. The molecule has 0 aromatic heterocycles. The third-order valence-electron chi connectivity index (χ3n) is 4.47. The predicted molar refractivity (Wildman–Crippen MR) is 97.8 cm³/mol. The number of rotatable bonds is 7. The molecule has 0 bridgehead atoms. The Balaban J connectivity index is 2.05. The number of carbonyl (C=O) groups is 2. The van der Waals surface area contributed by atoms with Crippen molar-refractivity contribution in [2.45, 2.75) is 25.0 Å². The molecule has 1 aliphatic heterocycles. The van der Waals surface area contributed by atoms with Gasteiger partial charge < -0.3 is 30.5 Å². The van der Waals surface area contributed by atoms with Crippen molar-refractivity contribution in [2.24, 2.45) is 0 Å². The number of carboxylic acid groups (broad SMARTS) is 1. The van der Waals surface area contributed by atoms with E-state index in [4.69, 9.17) is 31.9 Å². The van der Waals surface area contributed by atoms with Crippen molar-refractivity contribution in [3.05, 3.63) is 22.7 Å². The Morgan fingerprint density at radius 3 is 2.77 bits per heavy atom. The third kappa shape index (κ3) is 5.00. The van der Waals surface area contributed by atoms with Crippen LogP contribution in [0.1, 0.15) is 23.2 Å². The highest BCUT2D eigenvalue weighted by Gasteiger charge is 2.31. The first-order valence-corrected chi connectivity index (χ1v) is 8.64. The normalized spacial score (nSPS) is 20.6. The van der Waals surface area contributed by atoms with Gasteiger partial charge in [-0.15, -0.1) is 0 Å². The summed E-state index contributed by atoms with van der Waals surface area (Å²) in [6.07, 6.45) is 0.487. The summed E-state index contributed by atoms with van der Waals surface area (Å²) in [7, 11) is 3.03. The van der Waals surface area contributed by atoms with E-state index in [1.807, 2.05) is 4.90 Å². The van der Waals surface area contributed by atoms with E-state index in [0.717, 1.165) is 0 Å². The highest BCUT2D eigenvalue weighted by molar-refractivity contribution is 6.33. The standard InChI is InChI=1S/C17H24ClN3O5/c1-25-14-8-12(19)11(18)7-10(14)17(24)20-13-3-5-21(6-4-16(22)23)9-15(13)26-2/h7-8,13,15H,3-6,9,19H2,1-2H3,(H,20,24)(H,22,23)/t13-,15+/m1/s1. The molecule has 9 heteroatoms. The number of aliphatic carboxylic acids is 1. The van der Waals surface area contributed by atoms with E-state index in [1.54, 1.807) is 7.11 Å². The molecule has 0 unspecified atom stereocenters. The number of nitrogen functional groups attached to an aromatic ring is 1. The van der Waals surface area contributed by atoms with Crippen LogP contribution in [0.5, 0.6) is 5.75 Å². The van der Waals surface area contributed by atoms with Crippen LogP contribution in [0, 0.1) is 0 Å². The molecule has 1 fully saturated rings. The third-order valence-corrected chi connectivity index (χ3v) is 4.80. The van der Waals surface area contributed by atoms with Gasteiger partial charge in [-0.1, -0.05) is 11.6 Å². The van der Waals surface area contributed by atoms with Crippen molar-refractivity contribution in [1.29, 1.82) is 0 Å². The molecule has 8 nitrogen and oxygen atoms in total. The second kappa shape index (κ2) is 9.07. The minimum absolute atomic E-state index is 0.0780. The van der Waals surface area contributed by atoms with Crippen LogP contribution in [0.25, 0.3) is 0 Å². The number of methoxy groups -OCH3 is 2. The smallest absolute Gasteiger partial charge is 0.304 e. The molecule has 1 amide bonds. The van der Waals surface area contributed by atoms with Crippen LogP contribution in [0.3, 0.4) is 0 Å². The number of likely N-dealkylation sites (tertiary alicyclic amines) is 1. The fourth-order valence-corrected chi connectivity index (χ4v) is 3.17. The monoisotopic (exact) mass is 385 g/mol. The maximum Gasteiger partial charge on any atom is 0.304 e. The van der Waals surface area contributed by atoms with Crippen LogP contribution in [0.4, 0.5) is 5.69 Å². The lowest BCUT2D eigenvalue weighted by molar-refractivity contribution is -0.137. The quantitative estimate of drug-likeness (QED) is 0.604. The van der Waals surface area contributed by atoms with Crippen molar-refractivity contribution in [3.63, 3.8) is 0 Å². The number of halogens is 1. The molecule has 0 radical (unpaired) electrons. The number of amides is 1. The molecule has 1 heterocycles. The van der Waals surface area contributed by atoms with Crippen LogP contribution >= 0.6 is 11.6 Å². The number of hydrogen-bond donors (Lipinski definition) is 3. The van der Waals surface area contributed by atoms with Gasteiger partial charge in [0, 0.05) is 32.8 Å². The number of nitrogens with zero attached hydrogens (tertiary/aromatic N) is 1. The fourth-order valence-electron chi connectivity index (χ4n) is 3.00. The Labute approximate surface area is 157 Å². The number of benzene rings is 1. The van der Waals surface area contributed by atoms with Crippen molar-refractivity contribution < 1.29 is 24.2 Å². The van der Waals surface area contributed by atoms with Crippen LogP contribution < -0.4 is 15.8 Å². The second-order valence-electron chi connectivity index (χ2n) is 6.16. The van der Waals surface area contributed by atoms with Gasteiger partial charge in [0.2, 0.25) is 0 Å². The van der Waals surface area contributed by atoms with E-state index < -0.39 is 5.97 Å². The highest BCUT2D eigenvalue weighted by atomic mass is 35.5. The zero-order chi connectivity index (χ0) is 19.3. The Hall–Kier alpha value is -2.03. The van der Waals surface area contributed by atoms with Crippen LogP contribution in [0.2, 0.25) is 5.02 Å². The summed E-state index contributed by atoms with van der Waals surface area (Å²) in [5, 5.41) is 12.0. The van der Waals surface area contributed by atoms with Crippen LogP contribution in [0.15, 0.2) is 12.1 Å². The van der Waals surface area contributed by atoms with Crippen molar-refractivity contribution in [3.8, 4) is 5.75 Å².